The molecule has 1 aliphatic heterocycles. The fourth-order valence-electron chi connectivity index (χ4n) is 4.53. The van der Waals surface area contributed by atoms with Crippen LogP contribution in [0.1, 0.15) is 22.4 Å². The molecule has 0 saturated heterocycles. The quantitative estimate of drug-likeness (QED) is 0.449. The fourth-order valence-corrected chi connectivity index (χ4v) is 6.08. The molecule has 5 rings (SSSR count). The number of fused-ring (bicyclic) bond motifs is 1. The number of anilines is 1. The lowest BCUT2D eigenvalue weighted by molar-refractivity contribution is 0.318. The molecule has 0 spiro atoms. The molecule has 0 fully saturated rings. The van der Waals surface area contributed by atoms with E-state index in [4.69, 9.17) is 0 Å². The maximum Gasteiger partial charge on any atom is 0.245 e. The standard InChI is InChI=1S/C26H24N6O2S/c27-13-21-8-9-26-22(11-21)16-32(35(33,34)25-7-4-10-28-15-25)24(12-20-5-2-1-3-6-20)18-31(26)17-23-14-29-19-30-23/h1-11,14-15,19,24H,12,16-18H2,(H,29,30)/t24-/m1/s1. The third-order valence-electron chi connectivity index (χ3n) is 6.19. The number of benzene rings is 2. The number of H-pyrrole nitrogens is 1. The molecule has 35 heavy (non-hydrogen) atoms. The second-order valence-corrected chi connectivity index (χ2v) is 10.4. The van der Waals surface area contributed by atoms with E-state index >= 15 is 0 Å². The number of hydrogen-bond donors (Lipinski definition) is 1. The average molecular weight is 485 g/mol. The van der Waals surface area contributed by atoms with Crippen LogP contribution in [0.3, 0.4) is 0 Å². The van der Waals surface area contributed by atoms with Gasteiger partial charge in [-0.3, -0.25) is 4.98 Å². The first-order chi connectivity index (χ1) is 17.0. The number of imidazole rings is 1. The van der Waals surface area contributed by atoms with Gasteiger partial charge in [-0.2, -0.15) is 9.57 Å². The molecule has 1 N–H and O–H groups in total. The summed E-state index contributed by atoms with van der Waals surface area (Å²) in [7, 11) is -3.86. The predicted molar refractivity (Wildman–Crippen MR) is 132 cm³/mol. The average Bonchev–Trinajstić information content (AvgIpc) is 3.35. The van der Waals surface area contributed by atoms with Crippen molar-refractivity contribution in [2.45, 2.75) is 30.4 Å². The first-order valence-corrected chi connectivity index (χ1v) is 12.7. The molecule has 0 bridgehead atoms. The zero-order chi connectivity index (χ0) is 24.3. The predicted octanol–water partition coefficient (Wildman–Crippen LogP) is 3.50. The fraction of sp³-hybridized carbons (Fsp3) is 0.192. The highest BCUT2D eigenvalue weighted by Gasteiger charge is 2.36. The van der Waals surface area contributed by atoms with Gasteiger partial charge in [0.2, 0.25) is 10.0 Å². The third-order valence-corrected chi connectivity index (χ3v) is 8.07. The number of sulfonamides is 1. The van der Waals surface area contributed by atoms with E-state index in [0.717, 1.165) is 22.5 Å². The van der Waals surface area contributed by atoms with Crippen molar-refractivity contribution in [1.82, 2.24) is 19.3 Å². The summed E-state index contributed by atoms with van der Waals surface area (Å²) in [5.74, 6) is 0. The SMILES string of the molecule is N#Cc1ccc2c(c1)CN(S(=O)(=O)c1cccnc1)[C@H](Cc1ccccc1)CN2Cc1cnc[nH]1. The van der Waals surface area contributed by atoms with Gasteiger partial charge in [0.1, 0.15) is 4.90 Å². The summed E-state index contributed by atoms with van der Waals surface area (Å²) in [5, 5.41) is 9.52. The van der Waals surface area contributed by atoms with E-state index in [-0.39, 0.29) is 17.5 Å². The first kappa shape index (κ1) is 22.8. The number of nitrogens with one attached hydrogen (secondary N) is 1. The molecular formula is C26H24N6O2S. The van der Waals surface area contributed by atoms with E-state index < -0.39 is 10.0 Å². The van der Waals surface area contributed by atoms with Crippen molar-refractivity contribution in [3.8, 4) is 6.07 Å². The molecule has 4 aromatic rings. The minimum absolute atomic E-state index is 0.151. The number of rotatable bonds is 6. The lowest BCUT2D eigenvalue weighted by Gasteiger charge is -2.32. The number of nitrogens with zero attached hydrogens (tertiary/aromatic N) is 5. The Morgan fingerprint density at radius 1 is 1.06 bits per heavy atom. The summed E-state index contributed by atoms with van der Waals surface area (Å²) < 4.78 is 29.4. The lowest BCUT2D eigenvalue weighted by atomic mass is 10.1. The summed E-state index contributed by atoms with van der Waals surface area (Å²) in [6, 6.07) is 20.4. The van der Waals surface area contributed by atoms with Gasteiger partial charge in [-0.05, 0) is 47.9 Å². The largest absolute Gasteiger partial charge is 0.364 e. The summed E-state index contributed by atoms with van der Waals surface area (Å²) in [6.07, 6.45) is 6.88. The molecule has 2 aromatic carbocycles. The van der Waals surface area contributed by atoms with Crippen LogP contribution in [0.2, 0.25) is 0 Å². The van der Waals surface area contributed by atoms with Crippen molar-refractivity contribution in [3.05, 3.63) is 108 Å². The van der Waals surface area contributed by atoms with Gasteiger partial charge in [0, 0.05) is 43.4 Å². The molecule has 2 aromatic heterocycles. The van der Waals surface area contributed by atoms with Gasteiger partial charge >= 0.3 is 0 Å². The van der Waals surface area contributed by atoms with Crippen LogP contribution in [0.5, 0.6) is 0 Å². The molecule has 0 radical (unpaired) electrons. The van der Waals surface area contributed by atoms with Crippen LogP contribution in [-0.4, -0.2) is 40.3 Å². The zero-order valence-electron chi connectivity index (χ0n) is 18.9. The highest BCUT2D eigenvalue weighted by Crippen LogP contribution is 2.33. The molecule has 3 heterocycles. The van der Waals surface area contributed by atoms with Gasteiger partial charge in [-0.25, -0.2) is 13.4 Å². The minimum atomic E-state index is -3.86. The van der Waals surface area contributed by atoms with E-state index in [0.29, 0.717) is 25.1 Å². The molecule has 0 amide bonds. The molecule has 9 heteroatoms. The van der Waals surface area contributed by atoms with Gasteiger partial charge in [-0.1, -0.05) is 30.3 Å². The summed E-state index contributed by atoms with van der Waals surface area (Å²) >= 11 is 0. The van der Waals surface area contributed by atoms with Crippen molar-refractivity contribution in [1.29, 1.82) is 5.26 Å². The van der Waals surface area contributed by atoms with E-state index in [2.05, 4.69) is 25.9 Å². The van der Waals surface area contributed by atoms with Crippen molar-refractivity contribution in [2.24, 2.45) is 0 Å². The van der Waals surface area contributed by atoms with Crippen molar-refractivity contribution >= 4 is 15.7 Å². The monoisotopic (exact) mass is 484 g/mol. The van der Waals surface area contributed by atoms with E-state index in [1.165, 1.54) is 6.20 Å². The molecule has 176 valence electrons. The molecule has 8 nitrogen and oxygen atoms in total. The normalized spacial score (nSPS) is 16.3. The van der Waals surface area contributed by atoms with Crippen LogP contribution in [-0.2, 0) is 29.5 Å². The zero-order valence-corrected chi connectivity index (χ0v) is 19.8. The van der Waals surface area contributed by atoms with Crippen LogP contribution in [0.4, 0.5) is 5.69 Å². The Labute approximate surface area is 204 Å². The molecule has 0 aliphatic carbocycles. The third kappa shape index (κ3) is 4.80. The van der Waals surface area contributed by atoms with Crippen LogP contribution in [0, 0.1) is 11.3 Å². The molecule has 1 aliphatic rings. The van der Waals surface area contributed by atoms with Gasteiger partial charge in [0.15, 0.2) is 0 Å². The van der Waals surface area contributed by atoms with Crippen LogP contribution < -0.4 is 4.90 Å². The van der Waals surface area contributed by atoms with Gasteiger partial charge < -0.3 is 9.88 Å². The number of hydrogen-bond acceptors (Lipinski definition) is 6. The van der Waals surface area contributed by atoms with E-state index in [1.54, 1.807) is 47.3 Å². The summed E-state index contributed by atoms with van der Waals surface area (Å²) in [5.41, 5.74) is 4.15. The maximum absolute atomic E-state index is 13.9. The topological polar surface area (TPSA) is 106 Å². The van der Waals surface area contributed by atoms with Crippen molar-refractivity contribution in [2.75, 3.05) is 11.4 Å². The van der Waals surface area contributed by atoms with Crippen LogP contribution in [0.15, 0.2) is 90.5 Å². The van der Waals surface area contributed by atoms with E-state index in [1.807, 2.05) is 36.4 Å². The molecule has 0 unspecified atom stereocenters. The van der Waals surface area contributed by atoms with E-state index in [9.17, 15) is 13.7 Å². The first-order valence-electron chi connectivity index (χ1n) is 11.3. The number of nitriles is 1. The second kappa shape index (κ2) is 9.70. The lowest BCUT2D eigenvalue weighted by Crippen LogP contribution is -2.45. The Bertz CT molecular complexity index is 1430. The molecular weight excluding hydrogens is 460 g/mol. The van der Waals surface area contributed by atoms with Crippen molar-refractivity contribution < 1.29 is 8.42 Å². The Morgan fingerprint density at radius 3 is 2.63 bits per heavy atom. The highest BCUT2D eigenvalue weighted by molar-refractivity contribution is 7.89. The number of pyridine rings is 1. The number of aromatic amines is 1. The smallest absolute Gasteiger partial charge is 0.245 e. The molecule has 1 atom stereocenters. The summed E-state index contributed by atoms with van der Waals surface area (Å²) in [6.45, 7) is 1.15. The Balaban J connectivity index is 1.62. The Kier molecular flexibility index (Phi) is 6.31. The van der Waals surface area contributed by atoms with Gasteiger partial charge in [-0.15, -0.1) is 0 Å². The van der Waals surface area contributed by atoms with Crippen molar-refractivity contribution in [3.63, 3.8) is 0 Å². The maximum atomic E-state index is 13.9. The van der Waals surface area contributed by atoms with Crippen LogP contribution >= 0.6 is 0 Å². The van der Waals surface area contributed by atoms with Gasteiger partial charge in [0.25, 0.3) is 0 Å². The second-order valence-electron chi connectivity index (χ2n) is 8.50. The van der Waals surface area contributed by atoms with Crippen LogP contribution in [0.25, 0.3) is 0 Å². The minimum Gasteiger partial charge on any atom is -0.364 e. The Hall–Kier alpha value is -4.00. The Morgan fingerprint density at radius 2 is 1.91 bits per heavy atom. The summed E-state index contributed by atoms with van der Waals surface area (Å²) in [4.78, 5) is 13.6. The van der Waals surface area contributed by atoms with Gasteiger partial charge in [0.05, 0.1) is 30.2 Å². The molecule has 0 saturated carbocycles. The highest BCUT2D eigenvalue weighted by atomic mass is 32.2. The number of aromatic nitrogens is 3.